The summed E-state index contributed by atoms with van der Waals surface area (Å²) < 4.78 is 8.21. The Labute approximate surface area is 149 Å². The van der Waals surface area contributed by atoms with E-state index in [2.05, 4.69) is 58.8 Å². The van der Waals surface area contributed by atoms with Gasteiger partial charge in [0.15, 0.2) is 0 Å². The van der Waals surface area contributed by atoms with E-state index in [1.807, 2.05) is 12.1 Å². The van der Waals surface area contributed by atoms with E-state index in [0.29, 0.717) is 0 Å². The van der Waals surface area contributed by atoms with E-state index in [4.69, 9.17) is 3.32 Å². The maximum atomic E-state index is 5.90. The monoisotopic (exact) mass is 359 g/mol. The molecule has 0 N–H and O–H groups in total. The van der Waals surface area contributed by atoms with Crippen molar-refractivity contribution in [1.29, 1.82) is 0 Å². The summed E-state index contributed by atoms with van der Waals surface area (Å²) in [5.41, 5.74) is 2.43. The van der Waals surface area contributed by atoms with Crippen molar-refractivity contribution >= 4 is 11.4 Å². The summed E-state index contributed by atoms with van der Waals surface area (Å²) in [7, 11) is 0. The third-order valence-electron chi connectivity index (χ3n) is 2.78. The molecule has 0 atom stereocenters. The maximum Gasteiger partial charge on any atom is -1.00 e. The molecule has 0 saturated heterocycles. The van der Waals surface area contributed by atoms with Gasteiger partial charge in [0.25, 0.3) is 0 Å². The summed E-state index contributed by atoms with van der Waals surface area (Å²) in [5.74, 6) is 0. The second kappa shape index (κ2) is 12.1. The minimum atomic E-state index is -0.623. The minimum absolute atomic E-state index is 0. The van der Waals surface area contributed by atoms with Crippen LogP contribution in [0.3, 0.4) is 0 Å². The van der Waals surface area contributed by atoms with Gasteiger partial charge in [-0.2, -0.15) is 0 Å². The molecule has 21 heavy (non-hydrogen) atoms. The molecule has 0 fully saturated rings. The van der Waals surface area contributed by atoms with Crippen LogP contribution in [-0.4, -0.2) is 6.61 Å². The van der Waals surface area contributed by atoms with Gasteiger partial charge in [-0.05, 0) is 0 Å². The van der Waals surface area contributed by atoms with Gasteiger partial charge < -0.3 is 24.8 Å². The van der Waals surface area contributed by atoms with Crippen LogP contribution in [0, 0.1) is 0 Å². The van der Waals surface area contributed by atoms with Gasteiger partial charge in [-0.3, -0.25) is 0 Å². The number of para-hydroxylation sites is 2. The molecular formula is C16H19Cl2NOTi. The molecule has 2 aromatic rings. The molecule has 0 aromatic heterocycles. The van der Waals surface area contributed by atoms with Crippen LogP contribution in [0.5, 0.6) is 0 Å². The summed E-state index contributed by atoms with van der Waals surface area (Å²) in [5, 5.41) is 0. The van der Waals surface area contributed by atoms with Crippen molar-refractivity contribution in [3.63, 3.8) is 0 Å². The molecule has 0 saturated carbocycles. The van der Waals surface area contributed by atoms with Crippen molar-refractivity contribution in [2.24, 2.45) is 0 Å². The van der Waals surface area contributed by atoms with Crippen LogP contribution in [-0.2, 0) is 23.1 Å². The SMILES string of the molecule is CCCC[O][Ti+2][N](c1ccccc1)c1ccccc1.[Cl-].[Cl-]. The molecule has 0 aliphatic rings. The molecular weight excluding hydrogens is 341 g/mol. The van der Waals surface area contributed by atoms with Crippen molar-refractivity contribution in [2.45, 2.75) is 19.8 Å². The van der Waals surface area contributed by atoms with Crippen LogP contribution in [0.15, 0.2) is 60.7 Å². The van der Waals surface area contributed by atoms with E-state index in [1.54, 1.807) is 0 Å². The Balaban J connectivity index is 0.00000200. The number of rotatable bonds is 7. The number of nitrogens with zero attached hydrogens (tertiary/aromatic N) is 1. The average Bonchev–Trinajstić information content (AvgIpc) is 2.49. The Morgan fingerprint density at radius 2 is 1.33 bits per heavy atom. The van der Waals surface area contributed by atoms with Crippen molar-refractivity contribution < 1.29 is 47.9 Å². The third kappa shape index (κ3) is 6.86. The number of hydrogen-bond donors (Lipinski definition) is 0. The molecule has 0 radical (unpaired) electrons. The first-order valence-corrected chi connectivity index (χ1v) is 8.03. The molecule has 0 amide bonds. The van der Waals surface area contributed by atoms with Crippen LogP contribution in [0.1, 0.15) is 19.8 Å². The molecule has 0 heterocycles. The third-order valence-corrected chi connectivity index (χ3v) is 4.40. The molecule has 0 spiro atoms. The summed E-state index contributed by atoms with van der Waals surface area (Å²) in [4.78, 5) is 0. The first kappa shape index (κ1) is 20.5. The molecule has 0 unspecified atom stereocenters. The molecule has 0 aliphatic heterocycles. The first-order valence-electron chi connectivity index (χ1n) is 6.69. The van der Waals surface area contributed by atoms with E-state index >= 15 is 0 Å². The summed E-state index contributed by atoms with van der Waals surface area (Å²) in [6.07, 6.45) is 2.32. The van der Waals surface area contributed by atoms with Gasteiger partial charge in [-0.25, -0.2) is 0 Å². The van der Waals surface area contributed by atoms with Gasteiger partial charge in [-0.1, -0.05) is 0 Å². The second-order valence-corrected chi connectivity index (χ2v) is 5.73. The Bertz CT molecular complexity index is 431. The van der Waals surface area contributed by atoms with E-state index in [9.17, 15) is 0 Å². The van der Waals surface area contributed by atoms with Crippen LogP contribution in [0.4, 0.5) is 11.4 Å². The van der Waals surface area contributed by atoms with Crippen LogP contribution >= 0.6 is 0 Å². The minimum Gasteiger partial charge on any atom is -1.00 e. The zero-order chi connectivity index (χ0) is 13.3. The van der Waals surface area contributed by atoms with Gasteiger partial charge >= 0.3 is 125 Å². The first-order chi connectivity index (χ1) is 9.42. The quantitative estimate of drug-likeness (QED) is 0.443. The molecule has 2 aromatic carbocycles. The Morgan fingerprint density at radius 1 is 0.857 bits per heavy atom. The summed E-state index contributed by atoms with van der Waals surface area (Å²) in [6, 6.07) is 20.9. The number of hydrogen-bond acceptors (Lipinski definition) is 2. The average molecular weight is 360 g/mol. The zero-order valence-electron chi connectivity index (χ0n) is 12.0. The van der Waals surface area contributed by atoms with Gasteiger partial charge in [0.2, 0.25) is 0 Å². The maximum absolute atomic E-state index is 5.90. The molecule has 0 bridgehead atoms. The van der Waals surface area contributed by atoms with E-state index < -0.39 is 19.8 Å². The van der Waals surface area contributed by atoms with Crippen molar-refractivity contribution in [3.8, 4) is 0 Å². The van der Waals surface area contributed by atoms with Crippen molar-refractivity contribution in [2.75, 3.05) is 9.99 Å². The predicted octanol–water partition coefficient (Wildman–Crippen LogP) is -1.44. The van der Waals surface area contributed by atoms with Gasteiger partial charge in [-0.15, -0.1) is 0 Å². The fraction of sp³-hybridized carbons (Fsp3) is 0.250. The van der Waals surface area contributed by atoms with Gasteiger partial charge in [0.1, 0.15) is 0 Å². The standard InChI is InChI=1S/C12H10N.C4H9O.2ClH.Ti/c1-3-7-11(8-4-1)13-12-9-5-2-6-10-12;1-2-3-4-5;;;/h1-10H;2-4H2,1H3;2*1H;/q2*-1;;;+4/p-2. The molecule has 112 valence electrons. The van der Waals surface area contributed by atoms with Crippen molar-refractivity contribution in [3.05, 3.63) is 60.7 Å². The smallest absolute Gasteiger partial charge is 1.00 e. The second-order valence-electron chi connectivity index (χ2n) is 4.30. The van der Waals surface area contributed by atoms with Gasteiger partial charge in [0.05, 0.1) is 0 Å². The Morgan fingerprint density at radius 3 is 1.76 bits per heavy atom. The fourth-order valence-corrected chi connectivity index (χ4v) is 3.10. The number of anilines is 2. The number of unbranched alkanes of at least 4 members (excludes halogenated alkanes) is 1. The van der Waals surface area contributed by atoms with Crippen LogP contribution < -0.4 is 28.2 Å². The van der Waals surface area contributed by atoms with Gasteiger partial charge in [0, 0.05) is 0 Å². The molecule has 2 rings (SSSR count). The Kier molecular flexibility index (Phi) is 11.8. The topological polar surface area (TPSA) is 12.5 Å². The van der Waals surface area contributed by atoms with E-state index in [1.165, 1.54) is 17.8 Å². The van der Waals surface area contributed by atoms with E-state index in [0.717, 1.165) is 13.0 Å². The Hall–Kier alpha value is -0.506. The normalized spacial score (nSPS) is 9.00. The summed E-state index contributed by atoms with van der Waals surface area (Å²) >= 11 is -0.623. The number of benzene rings is 2. The molecule has 0 aliphatic carbocycles. The van der Waals surface area contributed by atoms with Crippen LogP contribution in [0.2, 0.25) is 0 Å². The fourth-order valence-electron chi connectivity index (χ4n) is 1.74. The molecule has 2 nitrogen and oxygen atoms in total. The molecule has 5 heteroatoms. The number of halogens is 2. The van der Waals surface area contributed by atoms with Crippen molar-refractivity contribution in [1.82, 2.24) is 0 Å². The predicted molar refractivity (Wildman–Crippen MR) is 75.9 cm³/mol. The summed E-state index contributed by atoms with van der Waals surface area (Å²) in [6.45, 7) is 3.06. The van der Waals surface area contributed by atoms with Crippen LogP contribution in [0.25, 0.3) is 0 Å². The zero-order valence-corrected chi connectivity index (χ0v) is 15.1. The largest absolute Gasteiger partial charge is 1.00 e. The van der Waals surface area contributed by atoms with E-state index in [-0.39, 0.29) is 24.8 Å².